The summed E-state index contributed by atoms with van der Waals surface area (Å²) in [6.07, 6.45) is 2.56. The summed E-state index contributed by atoms with van der Waals surface area (Å²) in [6.45, 7) is 7.41. The maximum absolute atomic E-state index is 12.9. The first-order valence-corrected chi connectivity index (χ1v) is 14.5. The Bertz CT molecular complexity index is 1570. The highest BCUT2D eigenvalue weighted by Crippen LogP contribution is 2.32. The van der Waals surface area contributed by atoms with Gasteiger partial charge in [0, 0.05) is 0 Å². The van der Waals surface area contributed by atoms with Crippen molar-refractivity contribution in [1.82, 2.24) is 5.01 Å². The molecular weight excluding hydrogens is 552 g/mol. The number of hydrazone groups is 1. The third kappa shape index (κ3) is 7.01. The lowest BCUT2D eigenvalue weighted by Crippen LogP contribution is -2.35. The van der Waals surface area contributed by atoms with Crippen molar-refractivity contribution in [2.24, 2.45) is 10.1 Å². The van der Waals surface area contributed by atoms with E-state index >= 15 is 0 Å². The van der Waals surface area contributed by atoms with Crippen molar-refractivity contribution in [2.45, 2.75) is 27.2 Å². The van der Waals surface area contributed by atoms with Crippen LogP contribution in [0.2, 0.25) is 0 Å². The van der Waals surface area contributed by atoms with Gasteiger partial charge in [-0.2, -0.15) is 15.1 Å². The van der Waals surface area contributed by atoms with Gasteiger partial charge in [0.2, 0.25) is 5.17 Å². The zero-order valence-corrected chi connectivity index (χ0v) is 24.6. The van der Waals surface area contributed by atoms with Crippen molar-refractivity contribution in [1.29, 1.82) is 5.41 Å². The molecule has 2 aliphatic heterocycles. The van der Waals surface area contributed by atoms with Gasteiger partial charge < -0.3 is 18.9 Å². The van der Waals surface area contributed by atoms with Crippen LogP contribution in [-0.2, 0) is 11.2 Å². The number of aliphatic imine (C=N–C) groups is 1. The van der Waals surface area contributed by atoms with Gasteiger partial charge in [-0.25, -0.2) is 0 Å². The van der Waals surface area contributed by atoms with E-state index in [2.05, 4.69) is 30.0 Å². The van der Waals surface area contributed by atoms with Crippen LogP contribution in [0.15, 0.2) is 82.4 Å². The van der Waals surface area contributed by atoms with E-state index in [0.717, 1.165) is 17.7 Å². The second-order valence-electron chi connectivity index (χ2n) is 9.46. The number of hydrogen-bond donors (Lipinski definition) is 1. The maximum Gasteiger partial charge on any atom is 0.283 e. The van der Waals surface area contributed by atoms with E-state index < -0.39 is 5.91 Å². The molecule has 3 aromatic rings. The summed E-state index contributed by atoms with van der Waals surface area (Å²) in [7, 11) is 0. The molecule has 0 aliphatic carbocycles. The number of ether oxygens (including phenoxy) is 4. The molecule has 0 fully saturated rings. The summed E-state index contributed by atoms with van der Waals surface area (Å²) in [6, 6.07) is 21.0. The number of carbonyl (C=O) groups is 1. The van der Waals surface area contributed by atoms with E-state index in [1.807, 2.05) is 49.4 Å². The van der Waals surface area contributed by atoms with Gasteiger partial charge in [-0.15, -0.1) is 0 Å². The maximum atomic E-state index is 12.9. The van der Waals surface area contributed by atoms with Crippen LogP contribution in [0.5, 0.6) is 23.0 Å². The van der Waals surface area contributed by atoms with Gasteiger partial charge in [-0.05, 0) is 91.2 Å². The quantitative estimate of drug-likeness (QED) is 0.202. The average molecular weight is 585 g/mol. The predicted molar refractivity (Wildman–Crippen MR) is 166 cm³/mol. The molecule has 3 aromatic carbocycles. The summed E-state index contributed by atoms with van der Waals surface area (Å²) in [5, 5.41) is 15.4. The van der Waals surface area contributed by atoms with Gasteiger partial charge in [-0.1, -0.05) is 37.3 Å². The Kier molecular flexibility index (Phi) is 9.23. The highest BCUT2D eigenvalue weighted by molar-refractivity contribution is 8.27. The Morgan fingerprint density at radius 3 is 2.50 bits per heavy atom. The van der Waals surface area contributed by atoms with Crippen LogP contribution in [0.3, 0.4) is 0 Å². The van der Waals surface area contributed by atoms with E-state index in [1.165, 1.54) is 22.3 Å². The van der Waals surface area contributed by atoms with Crippen LogP contribution in [0.4, 0.5) is 0 Å². The molecule has 2 heterocycles. The number of amidine groups is 2. The van der Waals surface area contributed by atoms with Crippen LogP contribution in [-0.4, -0.2) is 53.4 Å². The second kappa shape index (κ2) is 13.4. The van der Waals surface area contributed by atoms with E-state index in [-0.39, 0.29) is 18.0 Å². The van der Waals surface area contributed by atoms with Gasteiger partial charge in [0.25, 0.3) is 5.91 Å². The summed E-state index contributed by atoms with van der Waals surface area (Å²) < 4.78 is 23.5. The second-order valence-corrected chi connectivity index (χ2v) is 10.5. The molecule has 9 nitrogen and oxygen atoms in total. The molecule has 10 heteroatoms. The molecule has 2 aliphatic rings. The molecule has 0 unspecified atom stereocenters. The van der Waals surface area contributed by atoms with E-state index in [4.69, 9.17) is 24.4 Å². The fraction of sp³-hybridized carbons (Fsp3) is 0.250. The number of carbonyl (C=O) groups excluding carboxylic acids is 1. The highest BCUT2D eigenvalue weighted by atomic mass is 32.2. The van der Waals surface area contributed by atoms with E-state index in [1.54, 1.807) is 24.3 Å². The Morgan fingerprint density at radius 2 is 1.71 bits per heavy atom. The molecule has 0 spiro atoms. The lowest BCUT2D eigenvalue weighted by Gasteiger charge is -2.20. The molecule has 42 heavy (non-hydrogen) atoms. The molecular formula is C32H32N4O5S. The van der Waals surface area contributed by atoms with Gasteiger partial charge in [-0.3, -0.25) is 10.2 Å². The number of nitrogens with zero attached hydrogens (tertiary/aromatic N) is 3. The first-order valence-electron chi connectivity index (χ1n) is 13.7. The minimum atomic E-state index is -0.503. The van der Waals surface area contributed by atoms with Gasteiger partial charge in [0.1, 0.15) is 36.4 Å². The Hall–Kier alpha value is -4.57. The number of nitrogens with one attached hydrogen (secondary N) is 1. The molecule has 0 radical (unpaired) electrons. The molecule has 1 amide bonds. The van der Waals surface area contributed by atoms with Crippen LogP contribution in [0.1, 0.15) is 30.5 Å². The number of amides is 1. The topological polar surface area (TPSA) is 106 Å². The molecule has 1 N–H and O–H groups in total. The standard InChI is InChI=1S/C32H32N4O5S/c1-4-22-15-21(3)16-25(17-22)39-13-14-40-27-12-11-23(19-28(27)38-5-2)18-26-30(33)36-32(34-31(26)37)42-29(35-36)20-41-24-9-7-6-8-10-24/h6-12,15-19,33H,4-5,13-14,20H2,1-3H3/b26-18+,33-30?. The fourth-order valence-electron chi connectivity index (χ4n) is 4.34. The smallest absolute Gasteiger partial charge is 0.283 e. The Labute approximate surface area is 249 Å². The summed E-state index contributed by atoms with van der Waals surface area (Å²) in [5.41, 5.74) is 3.19. The van der Waals surface area contributed by atoms with Crippen molar-refractivity contribution in [2.75, 3.05) is 26.4 Å². The van der Waals surface area contributed by atoms with Crippen LogP contribution in [0, 0.1) is 12.3 Å². The molecule has 216 valence electrons. The van der Waals surface area contributed by atoms with Gasteiger partial charge in [0.15, 0.2) is 17.3 Å². The van der Waals surface area contributed by atoms with E-state index in [9.17, 15) is 4.79 Å². The minimum absolute atomic E-state index is 0.0509. The highest BCUT2D eigenvalue weighted by Gasteiger charge is 2.35. The molecule has 0 atom stereocenters. The lowest BCUT2D eigenvalue weighted by atomic mass is 10.1. The number of para-hydroxylation sites is 1. The lowest BCUT2D eigenvalue weighted by molar-refractivity contribution is -0.114. The summed E-state index contributed by atoms with van der Waals surface area (Å²) in [4.78, 5) is 17.0. The normalized spacial score (nSPS) is 15.3. The minimum Gasteiger partial charge on any atom is -0.490 e. The van der Waals surface area contributed by atoms with Crippen molar-refractivity contribution in [3.63, 3.8) is 0 Å². The fourth-order valence-corrected chi connectivity index (χ4v) is 5.14. The predicted octanol–water partition coefficient (Wildman–Crippen LogP) is 6.11. The van der Waals surface area contributed by atoms with Gasteiger partial charge in [0.05, 0.1) is 12.2 Å². The largest absolute Gasteiger partial charge is 0.490 e. The zero-order chi connectivity index (χ0) is 29.5. The number of rotatable bonds is 12. The summed E-state index contributed by atoms with van der Waals surface area (Å²) in [5.74, 6) is 2.08. The van der Waals surface area contributed by atoms with Crippen LogP contribution in [0.25, 0.3) is 6.08 Å². The zero-order valence-electron chi connectivity index (χ0n) is 23.8. The number of hydrogen-bond acceptors (Lipinski definition) is 8. The number of aryl methyl sites for hydroxylation is 2. The molecule has 0 saturated carbocycles. The van der Waals surface area contributed by atoms with Crippen molar-refractivity contribution < 1.29 is 23.7 Å². The summed E-state index contributed by atoms with van der Waals surface area (Å²) >= 11 is 1.22. The first-order chi connectivity index (χ1) is 20.4. The van der Waals surface area contributed by atoms with E-state index in [0.29, 0.717) is 52.8 Å². The molecule has 5 rings (SSSR count). The first kappa shape index (κ1) is 28.9. The monoisotopic (exact) mass is 584 g/mol. The molecule has 0 aromatic heterocycles. The third-order valence-electron chi connectivity index (χ3n) is 6.31. The third-order valence-corrected chi connectivity index (χ3v) is 7.19. The number of benzene rings is 3. The molecule has 0 saturated heterocycles. The average Bonchev–Trinajstić information content (AvgIpc) is 3.40. The number of thioether (sulfide) groups is 1. The van der Waals surface area contributed by atoms with Crippen molar-refractivity contribution in [3.8, 4) is 23.0 Å². The van der Waals surface area contributed by atoms with Crippen molar-refractivity contribution in [3.05, 3.63) is 89.0 Å². The Balaban J connectivity index is 1.24. The SMILES string of the molecule is CCOc1cc(/C=C2\C(=N)N3N=C(COc4ccccc4)SC3=NC2=O)ccc1OCCOc1cc(C)cc(CC)c1. The molecule has 0 bridgehead atoms. The van der Waals surface area contributed by atoms with Crippen molar-refractivity contribution >= 4 is 39.8 Å². The van der Waals surface area contributed by atoms with Crippen LogP contribution >= 0.6 is 11.8 Å². The number of fused-ring (bicyclic) bond motifs is 1. The Morgan fingerprint density at radius 1 is 0.905 bits per heavy atom. The van der Waals surface area contributed by atoms with Gasteiger partial charge >= 0.3 is 0 Å². The van der Waals surface area contributed by atoms with Crippen LogP contribution < -0.4 is 18.9 Å².